The zero-order chi connectivity index (χ0) is 13.2. The monoisotopic (exact) mass is 249 g/mol. The summed E-state index contributed by atoms with van der Waals surface area (Å²) in [5, 5.41) is 0. The molecule has 2 N–H and O–H groups in total. The summed E-state index contributed by atoms with van der Waals surface area (Å²) in [5.74, 6) is 1.85. The normalized spacial score (nSPS) is 17.6. The van der Waals surface area contributed by atoms with Gasteiger partial charge >= 0.3 is 0 Å². The molecule has 0 spiro atoms. The molecule has 2 rings (SSSR count). The van der Waals surface area contributed by atoms with Gasteiger partial charge < -0.3 is 10.6 Å². The minimum Gasteiger partial charge on any atom is -0.368 e. The van der Waals surface area contributed by atoms with Crippen LogP contribution in [0.4, 0.5) is 11.9 Å². The van der Waals surface area contributed by atoms with Gasteiger partial charge in [0.25, 0.3) is 0 Å². The Labute approximate surface area is 109 Å². The summed E-state index contributed by atoms with van der Waals surface area (Å²) in [5.41, 5.74) is 5.71. The Bertz CT molecular complexity index is 402. The van der Waals surface area contributed by atoms with Crippen molar-refractivity contribution >= 4 is 11.9 Å². The van der Waals surface area contributed by atoms with Gasteiger partial charge in [0.2, 0.25) is 11.9 Å². The van der Waals surface area contributed by atoms with Crippen molar-refractivity contribution in [3.8, 4) is 0 Å². The highest BCUT2D eigenvalue weighted by molar-refractivity contribution is 5.35. The third-order valence-corrected chi connectivity index (χ3v) is 3.20. The van der Waals surface area contributed by atoms with E-state index in [1.807, 2.05) is 0 Å². The fourth-order valence-corrected chi connectivity index (χ4v) is 2.13. The summed E-state index contributed by atoms with van der Waals surface area (Å²) in [6.07, 6.45) is 5.00. The summed E-state index contributed by atoms with van der Waals surface area (Å²) >= 11 is 0. The second-order valence-electron chi connectivity index (χ2n) is 5.97. The van der Waals surface area contributed by atoms with Crippen LogP contribution in [0.2, 0.25) is 0 Å². The van der Waals surface area contributed by atoms with Crippen molar-refractivity contribution in [2.24, 2.45) is 0 Å². The van der Waals surface area contributed by atoms with E-state index < -0.39 is 0 Å². The molecule has 5 heteroatoms. The number of nitrogens with two attached hydrogens (primary N) is 1. The molecular weight excluding hydrogens is 226 g/mol. The minimum absolute atomic E-state index is 0.0995. The number of nitrogen functional groups attached to an aromatic ring is 1. The highest BCUT2D eigenvalue weighted by Gasteiger charge is 2.21. The zero-order valence-electron chi connectivity index (χ0n) is 11.6. The Hall–Kier alpha value is -1.39. The molecule has 0 aliphatic carbocycles. The predicted octanol–water partition coefficient (Wildman–Crippen LogP) is 2.13. The average Bonchev–Trinajstić information content (AvgIpc) is 2.55. The smallest absolute Gasteiger partial charge is 0.230 e. The molecule has 0 unspecified atom stereocenters. The Morgan fingerprint density at radius 1 is 0.944 bits per heavy atom. The second-order valence-corrected chi connectivity index (χ2v) is 5.97. The van der Waals surface area contributed by atoms with E-state index in [-0.39, 0.29) is 5.41 Å². The van der Waals surface area contributed by atoms with Gasteiger partial charge in [-0.25, -0.2) is 0 Å². The highest BCUT2D eigenvalue weighted by atomic mass is 15.3. The summed E-state index contributed by atoms with van der Waals surface area (Å²) in [6, 6.07) is 0. The molecule has 0 bridgehead atoms. The Balaban J connectivity index is 2.29. The molecule has 100 valence electrons. The average molecular weight is 249 g/mol. The third-order valence-electron chi connectivity index (χ3n) is 3.20. The van der Waals surface area contributed by atoms with Crippen molar-refractivity contribution in [3.63, 3.8) is 0 Å². The lowest BCUT2D eigenvalue weighted by Crippen LogP contribution is -2.28. The standard InChI is InChI=1S/C13H23N5/c1-13(2,3)10-15-11(14)17-12(16-10)18-8-6-4-5-7-9-18/h4-9H2,1-3H3,(H2,14,15,16,17). The molecule has 5 nitrogen and oxygen atoms in total. The van der Waals surface area contributed by atoms with Crippen LogP contribution in [-0.2, 0) is 5.41 Å². The van der Waals surface area contributed by atoms with Crippen molar-refractivity contribution in [3.05, 3.63) is 5.82 Å². The van der Waals surface area contributed by atoms with Gasteiger partial charge in [-0.2, -0.15) is 15.0 Å². The molecule has 1 aromatic heterocycles. The topological polar surface area (TPSA) is 67.9 Å². The number of anilines is 2. The van der Waals surface area contributed by atoms with E-state index in [0.29, 0.717) is 5.95 Å². The van der Waals surface area contributed by atoms with E-state index in [1.165, 1.54) is 25.7 Å². The van der Waals surface area contributed by atoms with Crippen molar-refractivity contribution in [2.75, 3.05) is 23.7 Å². The fourth-order valence-electron chi connectivity index (χ4n) is 2.13. The predicted molar refractivity (Wildman–Crippen MR) is 73.6 cm³/mol. The van der Waals surface area contributed by atoms with Crippen molar-refractivity contribution in [1.82, 2.24) is 15.0 Å². The molecule has 0 aromatic carbocycles. The number of aromatic nitrogens is 3. The summed E-state index contributed by atoms with van der Waals surface area (Å²) in [7, 11) is 0. The summed E-state index contributed by atoms with van der Waals surface area (Å²) in [4.78, 5) is 15.4. The van der Waals surface area contributed by atoms with Crippen LogP contribution < -0.4 is 10.6 Å². The molecule has 1 aliphatic rings. The number of rotatable bonds is 1. The van der Waals surface area contributed by atoms with Crippen LogP contribution >= 0.6 is 0 Å². The number of hydrogen-bond donors (Lipinski definition) is 1. The van der Waals surface area contributed by atoms with Gasteiger partial charge in [-0.15, -0.1) is 0 Å². The van der Waals surface area contributed by atoms with E-state index in [0.717, 1.165) is 24.9 Å². The Kier molecular flexibility index (Phi) is 3.68. The third kappa shape index (κ3) is 3.09. The van der Waals surface area contributed by atoms with Crippen molar-refractivity contribution in [1.29, 1.82) is 0 Å². The molecule has 1 aromatic rings. The van der Waals surface area contributed by atoms with Crippen LogP contribution in [0.5, 0.6) is 0 Å². The lowest BCUT2D eigenvalue weighted by Gasteiger charge is -2.23. The zero-order valence-corrected chi connectivity index (χ0v) is 11.6. The van der Waals surface area contributed by atoms with Crippen LogP contribution in [0.3, 0.4) is 0 Å². The highest BCUT2D eigenvalue weighted by Crippen LogP contribution is 2.22. The first kappa shape index (κ1) is 13.1. The first-order chi connectivity index (χ1) is 8.47. The fraction of sp³-hybridized carbons (Fsp3) is 0.769. The van der Waals surface area contributed by atoms with E-state index in [1.54, 1.807) is 0 Å². The molecule has 2 heterocycles. The Morgan fingerprint density at radius 3 is 2.11 bits per heavy atom. The van der Waals surface area contributed by atoms with Gasteiger partial charge in [0.05, 0.1) is 0 Å². The molecule has 1 fully saturated rings. The lowest BCUT2D eigenvalue weighted by molar-refractivity contribution is 0.541. The molecule has 1 saturated heterocycles. The van der Waals surface area contributed by atoms with E-state index in [4.69, 9.17) is 5.73 Å². The first-order valence-corrected chi connectivity index (χ1v) is 6.74. The maximum absolute atomic E-state index is 5.81. The molecular formula is C13H23N5. The Morgan fingerprint density at radius 2 is 1.56 bits per heavy atom. The van der Waals surface area contributed by atoms with Gasteiger partial charge in [0.15, 0.2) is 0 Å². The first-order valence-electron chi connectivity index (χ1n) is 6.74. The van der Waals surface area contributed by atoms with Crippen molar-refractivity contribution in [2.45, 2.75) is 51.9 Å². The van der Waals surface area contributed by atoms with Crippen LogP contribution in [0.15, 0.2) is 0 Å². The van der Waals surface area contributed by atoms with Crippen LogP contribution in [0.25, 0.3) is 0 Å². The SMILES string of the molecule is CC(C)(C)c1nc(N)nc(N2CCCCCC2)n1. The van der Waals surface area contributed by atoms with E-state index >= 15 is 0 Å². The summed E-state index contributed by atoms with van der Waals surface area (Å²) in [6.45, 7) is 8.32. The van der Waals surface area contributed by atoms with Gasteiger partial charge in [0.1, 0.15) is 5.82 Å². The number of nitrogens with zero attached hydrogens (tertiary/aromatic N) is 4. The molecule has 0 atom stereocenters. The van der Waals surface area contributed by atoms with Crippen molar-refractivity contribution < 1.29 is 0 Å². The van der Waals surface area contributed by atoms with E-state index in [9.17, 15) is 0 Å². The van der Waals surface area contributed by atoms with Gasteiger partial charge in [0, 0.05) is 18.5 Å². The van der Waals surface area contributed by atoms with Crippen LogP contribution in [0.1, 0.15) is 52.3 Å². The largest absolute Gasteiger partial charge is 0.368 e. The van der Waals surface area contributed by atoms with Gasteiger partial charge in [-0.05, 0) is 12.8 Å². The quantitative estimate of drug-likeness (QED) is 0.825. The molecule has 1 aliphatic heterocycles. The maximum Gasteiger partial charge on any atom is 0.230 e. The maximum atomic E-state index is 5.81. The number of hydrogen-bond acceptors (Lipinski definition) is 5. The van der Waals surface area contributed by atoms with E-state index in [2.05, 4.69) is 40.6 Å². The molecule has 0 saturated carbocycles. The summed E-state index contributed by atoms with van der Waals surface area (Å²) < 4.78 is 0. The van der Waals surface area contributed by atoms with Crippen LogP contribution in [-0.4, -0.2) is 28.0 Å². The van der Waals surface area contributed by atoms with Crippen LogP contribution in [0, 0.1) is 0 Å². The lowest BCUT2D eigenvalue weighted by atomic mass is 9.96. The second kappa shape index (κ2) is 5.08. The molecule has 18 heavy (non-hydrogen) atoms. The minimum atomic E-state index is -0.0995. The van der Waals surface area contributed by atoms with Gasteiger partial charge in [-0.3, -0.25) is 0 Å². The molecule has 0 radical (unpaired) electrons. The molecule has 0 amide bonds. The van der Waals surface area contributed by atoms with Gasteiger partial charge in [-0.1, -0.05) is 33.6 Å².